The minimum Gasteiger partial charge on any atom is -0.342 e. The fourth-order valence-corrected chi connectivity index (χ4v) is 5.83. The number of thioether (sulfide) groups is 1. The molecule has 0 atom stereocenters. The molecule has 1 aromatic carbocycles. The lowest BCUT2D eigenvalue weighted by Crippen LogP contribution is -2.36. The molecule has 3 aliphatic rings. The van der Waals surface area contributed by atoms with Crippen LogP contribution < -0.4 is 0 Å². The first-order valence-corrected chi connectivity index (χ1v) is 13.2. The van der Waals surface area contributed by atoms with Crippen molar-refractivity contribution >= 4 is 57.3 Å². The predicted octanol–water partition coefficient (Wildman–Crippen LogP) is 5.08. The number of amides is 2. The van der Waals surface area contributed by atoms with Crippen molar-refractivity contribution in [2.75, 3.05) is 13.1 Å². The Hall–Kier alpha value is -3.17. The Morgan fingerprint density at radius 1 is 1.19 bits per heavy atom. The molecule has 3 aliphatic heterocycles. The number of aryl methyl sites for hydroxylation is 1. The van der Waals surface area contributed by atoms with E-state index in [9.17, 15) is 9.59 Å². The number of piperidine rings is 1. The molecule has 2 amide bonds. The third kappa shape index (κ3) is 4.41. The summed E-state index contributed by atoms with van der Waals surface area (Å²) in [4.78, 5) is 31.6. The fourth-order valence-electron chi connectivity index (χ4n) is 4.79. The topological polar surface area (TPSA) is 94.1 Å². The lowest BCUT2D eigenvalue weighted by molar-refractivity contribution is -0.130. The predicted molar refractivity (Wildman–Crippen MR) is 145 cm³/mol. The van der Waals surface area contributed by atoms with Crippen LogP contribution in [0, 0.1) is 26.2 Å². The molecular formula is C26H27ClN6O2S. The number of likely N-dealkylation sites (tertiary alicyclic amines) is 1. The number of hydrazone groups is 1. The number of fused-ring (bicyclic) bond motifs is 1. The summed E-state index contributed by atoms with van der Waals surface area (Å²) >= 11 is 7.54. The number of nitrogens with zero attached hydrogens (tertiary/aromatic N) is 5. The Bertz CT molecular complexity index is 1380. The maximum Gasteiger partial charge on any atom is 0.283 e. The molecule has 36 heavy (non-hydrogen) atoms. The van der Waals surface area contributed by atoms with Gasteiger partial charge in [0.2, 0.25) is 11.1 Å². The van der Waals surface area contributed by atoms with Crippen LogP contribution in [0.15, 0.2) is 39.9 Å². The number of nitrogens with one attached hydrogen (secondary N) is 1. The lowest BCUT2D eigenvalue weighted by atomic mass is 10.1. The molecule has 0 radical (unpaired) electrons. The molecule has 0 spiro atoms. The van der Waals surface area contributed by atoms with Crippen molar-refractivity contribution in [3.63, 3.8) is 0 Å². The Kier molecular flexibility index (Phi) is 6.61. The van der Waals surface area contributed by atoms with E-state index < -0.39 is 5.91 Å². The molecule has 0 aliphatic carbocycles. The maximum atomic E-state index is 12.9. The van der Waals surface area contributed by atoms with Crippen molar-refractivity contribution in [1.82, 2.24) is 14.5 Å². The second-order valence-electron chi connectivity index (χ2n) is 9.18. The standard InChI is InChI=1S/C26H27ClN6O2S/c1-15-12-18(17(3)32(15)21-9-7-8-20(27)16(21)2)13-19-24(28)33-26(29-25(19)35)36-22(30-33)14-23(34)31-10-5-4-6-11-31/h7-9,12-13,28H,4-6,10-11,14H2,1-3H3/b19-13+,28-24?. The minimum atomic E-state index is -0.485. The molecule has 4 heterocycles. The number of amidine groups is 2. The molecule has 1 aromatic heterocycles. The van der Waals surface area contributed by atoms with Crippen LogP contribution in [0.4, 0.5) is 0 Å². The Morgan fingerprint density at radius 2 is 1.94 bits per heavy atom. The van der Waals surface area contributed by atoms with Crippen molar-refractivity contribution < 1.29 is 9.59 Å². The van der Waals surface area contributed by atoms with Gasteiger partial charge in [-0.25, -0.2) is 0 Å². The van der Waals surface area contributed by atoms with Crippen molar-refractivity contribution in [3.8, 4) is 5.69 Å². The molecule has 186 valence electrons. The number of carbonyl (C=O) groups is 2. The molecule has 2 aromatic rings. The first-order valence-electron chi connectivity index (χ1n) is 12.0. The SMILES string of the molecule is Cc1c(Cl)cccc1-n1c(C)cc(/C=C2\C(=N)N3N=C(CC(=O)N4CCCCC4)SC3=NC2=O)c1C. The number of aliphatic imine (C=N–C) groups is 1. The zero-order chi connectivity index (χ0) is 25.6. The van der Waals surface area contributed by atoms with Gasteiger partial charge in [0.25, 0.3) is 5.91 Å². The summed E-state index contributed by atoms with van der Waals surface area (Å²) in [6, 6.07) is 7.76. The van der Waals surface area contributed by atoms with Gasteiger partial charge in [0, 0.05) is 35.2 Å². The van der Waals surface area contributed by atoms with Crippen LogP contribution in [0.5, 0.6) is 0 Å². The fraction of sp³-hybridized carbons (Fsp3) is 0.346. The first kappa shape index (κ1) is 24.5. The van der Waals surface area contributed by atoms with E-state index in [1.807, 2.05) is 49.9 Å². The summed E-state index contributed by atoms with van der Waals surface area (Å²) in [6.45, 7) is 7.49. The van der Waals surface area contributed by atoms with Gasteiger partial charge in [-0.1, -0.05) is 17.7 Å². The van der Waals surface area contributed by atoms with Crippen LogP contribution in [0.3, 0.4) is 0 Å². The largest absolute Gasteiger partial charge is 0.342 e. The third-order valence-electron chi connectivity index (χ3n) is 6.76. The average molecular weight is 523 g/mol. The van der Waals surface area contributed by atoms with E-state index >= 15 is 0 Å². The summed E-state index contributed by atoms with van der Waals surface area (Å²) in [5.74, 6) is -0.498. The molecule has 0 saturated carbocycles. The highest BCUT2D eigenvalue weighted by molar-refractivity contribution is 8.27. The normalized spacial score (nSPS) is 19.1. The van der Waals surface area contributed by atoms with Crippen LogP contribution in [-0.2, 0) is 9.59 Å². The monoisotopic (exact) mass is 522 g/mol. The van der Waals surface area contributed by atoms with Crippen LogP contribution in [0.25, 0.3) is 11.8 Å². The second-order valence-corrected chi connectivity index (χ2v) is 10.6. The summed E-state index contributed by atoms with van der Waals surface area (Å²) in [5.41, 5.74) is 4.82. The molecule has 1 saturated heterocycles. The quantitative estimate of drug-likeness (QED) is 0.567. The number of hydrogen-bond acceptors (Lipinski definition) is 5. The van der Waals surface area contributed by atoms with Crippen molar-refractivity contribution in [2.45, 2.75) is 46.5 Å². The van der Waals surface area contributed by atoms with Crippen molar-refractivity contribution in [2.24, 2.45) is 10.1 Å². The zero-order valence-corrected chi connectivity index (χ0v) is 22.0. The number of hydrogen-bond donors (Lipinski definition) is 1. The summed E-state index contributed by atoms with van der Waals surface area (Å²) in [6.07, 6.45) is 5.05. The van der Waals surface area contributed by atoms with E-state index in [0.717, 1.165) is 60.6 Å². The van der Waals surface area contributed by atoms with Gasteiger partial charge in [-0.3, -0.25) is 15.0 Å². The Balaban J connectivity index is 1.41. The molecule has 8 nitrogen and oxygen atoms in total. The first-order chi connectivity index (χ1) is 17.2. The van der Waals surface area contributed by atoms with Gasteiger partial charge >= 0.3 is 0 Å². The van der Waals surface area contributed by atoms with Gasteiger partial charge in [0.1, 0.15) is 5.04 Å². The van der Waals surface area contributed by atoms with Gasteiger partial charge in [-0.2, -0.15) is 15.1 Å². The van der Waals surface area contributed by atoms with Gasteiger partial charge < -0.3 is 9.47 Å². The molecule has 5 rings (SSSR count). The summed E-state index contributed by atoms with van der Waals surface area (Å²) < 4.78 is 2.09. The summed E-state index contributed by atoms with van der Waals surface area (Å²) in [5, 5.41) is 16.1. The average Bonchev–Trinajstić information content (AvgIpc) is 3.38. The number of rotatable bonds is 4. The number of benzene rings is 1. The highest BCUT2D eigenvalue weighted by Gasteiger charge is 2.36. The van der Waals surface area contributed by atoms with Gasteiger partial charge in [0.05, 0.1) is 12.0 Å². The maximum absolute atomic E-state index is 12.9. The molecule has 1 N–H and O–H groups in total. The van der Waals surface area contributed by atoms with Crippen molar-refractivity contribution in [3.05, 3.63) is 57.4 Å². The van der Waals surface area contributed by atoms with Crippen molar-refractivity contribution in [1.29, 1.82) is 5.41 Å². The van der Waals surface area contributed by atoms with Gasteiger partial charge in [-0.05, 0) is 87.2 Å². The van der Waals surface area contributed by atoms with E-state index in [4.69, 9.17) is 17.0 Å². The van der Waals surface area contributed by atoms with Crippen LogP contribution in [0.1, 0.15) is 48.2 Å². The molecular weight excluding hydrogens is 496 g/mol. The van der Waals surface area contributed by atoms with E-state index in [-0.39, 0.29) is 23.7 Å². The minimum absolute atomic E-state index is 0.0266. The number of aromatic nitrogens is 1. The highest BCUT2D eigenvalue weighted by Crippen LogP contribution is 2.32. The molecule has 10 heteroatoms. The van der Waals surface area contributed by atoms with Crippen LogP contribution >= 0.6 is 23.4 Å². The van der Waals surface area contributed by atoms with Crippen LogP contribution in [0.2, 0.25) is 5.02 Å². The van der Waals surface area contributed by atoms with E-state index in [1.165, 1.54) is 16.8 Å². The number of halogens is 1. The Morgan fingerprint density at radius 3 is 2.69 bits per heavy atom. The van der Waals surface area contributed by atoms with Gasteiger partial charge in [-0.15, -0.1) is 0 Å². The second kappa shape index (κ2) is 9.71. The number of carbonyl (C=O) groups excluding carboxylic acids is 2. The molecule has 0 bridgehead atoms. The molecule has 1 fully saturated rings. The smallest absolute Gasteiger partial charge is 0.283 e. The Labute approximate surface area is 219 Å². The van der Waals surface area contributed by atoms with Gasteiger partial charge in [0.15, 0.2) is 5.84 Å². The van der Waals surface area contributed by atoms with Crippen LogP contribution in [-0.4, -0.2) is 55.4 Å². The van der Waals surface area contributed by atoms with E-state index in [0.29, 0.717) is 15.2 Å². The summed E-state index contributed by atoms with van der Waals surface area (Å²) in [7, 11) is 0. The van der Waals surface area contributed by atoms with E-state index in [2.05, 4.69) is 14.7 Å². The highest BCUT2D eigenvalue weighted by atomic mass is 35.5. The zero-order valence-electron chi connectivity index (χ0n) is 20.5. The lowest BCUT2D eigenvalue weighted by Gasteiger charge is -2.26. The third-order valence-corrected chi connectivity index (χ3v) is 8.08. The van der Waals surface area contributed by atoms with E-state index in [1.54, 1.807) is 6.08 Å². The molecule has 0 unspecified atom stereocenters.